The van der Waals surface area contributed by atoms with Gasteiger partial charge in [-0.3, -0.25) is 4.79 Å². The number of amides is 1. The van der Waals surface area contributed by atoms with E-state index in [0.29, 0.717) is 16.7 Å². The number of nitrogen functional groups attached to an aromatic ring is 1. The first-order valence-corrected chi connectivity index (χ1v) is 7.45. The van der Waals surface area contributed by atoms with Gasteiger partial charge in [0.2, 0.25) is 5.95 Å². The van der Waals surface area contributed by atoms with Crippen molar-refractivity contribution in [3.8, 4) is 0 Å². The van der Waals surface area contributed by atoms with E-state index in [-0.39, 0.29) is 17.3 Å². The second kappa shape index (κ2) is 6.19. The molecule has 1 fully saturated rings. The van der Waals surface area contributed by atoms with Crippen LogP contribution in [0.4, 0.5) is 17.5 Å². The normalized spacial score (nSPS) is 14.1. The van der Waals surface area contributed by atoms with Gasteiger partial charge < -0.3 is 16.0 Å². The van der Waals surface area contributed by atoms with Crippen molar-refractivity contribution in [2.45, 2.75) is 12.8 Å². The third-order valence-corrected chi connectivity index (χ3v) is 3.79. The molecule has 2 heterocycles. The quantitative estimate of drug-likeness (QED) is 0.909. The third kappa shape index (κ3) is 3.12. The number of nitrogens with zero attached hydrogens (tertiary/aromatic N) is 3. The molecule has 0 bridgehead atoms. The highest BCUT2D eigenvalue weighted by atomic mass is 35.5. The van der Waals surface area contributed by atoms with Gasteiger partial charge in [-0.1, -0.05) is 11.6 Å². The highest BCUT2D eigenvalue weighted by Crippen LogP contribution is 2.20. The van der Waals surface area contributed by atoms with Gasteiger partial charge in [0, 0.05) is 30.0 Å². The van der Waals surface area contributed by atoms with Crippen LogP contribution in [0.5, 0.6) is 0 Å². The molecule has 1 aromatic carbocycles. The Morgan fingerprint density at radius 3 is 2.55 bits per heavy atom. The molecule has 0 unspecified atom stereocenters. The number of rotatable bonds is 3. The molecule has 2 aromatic rings. The van der Waals surface area contributed by atoms with Crippen LogP contribution in [-0.2, 0) is 0 Å². The van der Waals surface area contributed by atoms with Crippen LogP contribution in [0.3, 0.4) is 0 Å². The molecule has 0 saturated carbocycles. The maximum Gasteiger partial charge on any atom is 0.260 e. The zero-order chi connectivity index (χ0) is 15.5. The summed E-state index contributed by atoms with van der Waals surface area (Å²) in [7, 11) is 0. The Morgan fingerprint density at radius 2 is 1.91 bits per heavy atom. The lowest BCUT2D eigenvalue weighted by Gasteiger charge is -2.16. The smallest absolute Gasteiger partial charge is 0.260 e. The van der Waals surface area contributed by atoms with Gasteiger partial charge in [0.1, 0.15) is 11.4 Å². The Kier molecular flexibility index (Phi) is 4.11. The molecular formula is C15H16ClN5O. The molecule has 1 aromatic heterocycles. The number of aromatic nitrogens is 2. The van der Waals surface area contributed by atoms with E-state index in [0.717, 1.165) is 25.9 Å². The number of halogens is 1. The molecule has 1 aliphatic heterocycles. The van der Waals surface area contributed by atoms with Crippen molar-refractivity contribution in [1.82, 2.24) is 9.97 Å². The van der Waals surface area contributed by atoms with E-state index >= 15 is 0 Å². The van der Waals surface area contributed by atoms with Gasteiger partial charge in [-0.25, -0.2) is 4.98 Å². The fourth-order valence-corrected chi connectivity index (χ4v) is 2.49. The van der Waals surface area contributed by atoms with Gasteiger partial charge in [-0.15, -0.1) is 0 Å². The second-order valence-electron chi connectivity index (χ2n) is 5.12. The zero-order valence-corrected chi connectivity index (χ0v) is 12.7. The first-order valence-electron chi connectivity index (χ1n) is 7.08. The lowest BCUT2D eigenvalue weighted by molar-refractivity contribution is 0.102. The maximum absolute atomic E-state index is 12.2. The van der Waals surface area contributed by atoms with Gasteiger partial charge in [-0.2, -0.15) is 4.98 Å². The van der Waals surface area contributed by atoms with Crippen LogP contribution in [0, 0.1) is 0 Å². The molecule has 0 spiro atoms. The summed E-state index contributed by atoms with van der Waals surface area (Å²) in [5, 5.41) is 3.35. The highest BCUT2D eigenvalue weighted by Gasteiger charge is 2.18. The molecule has 6 nitrogen and oxygen atoms in total. The van der Waals surface area contributed by atoms with Crippen molar-refractivity contribution < 1.29 is 4.79 Å². The SMILES string of the molecule is Nc1nc(N2CCCC2)ncc1C(=O)Nc1ccc(Cl)cc1. The van der Waals surface area contributed by atoms with Crippen LogP contribution in [0.2, 0.25) is 5.02 Å². The van der Waals surface area contributed by atoms with E-state index in [2.05, 4.69) is 20.2 Å². The molecule has 0 radical (unpaired) electrons. The largest absolute Gasteiger partial charge is 0.383 e. The van der Waals surface area contributed by atoms with E-state index in [1.807, 2.05) is 0 Å². The third-order valence-electron chi connectivity index (χ3n) is 3.54. The molecule has 7 heteroatoms. The fourth-order valence-electron chi connectivity index (χ4n) is 2.36. The number of hydrogen-bond acceptors (Lipinski definition) is 5. The summed E-state index contributed by atoms with van der Waals surface area (Å²) in [6, 6.07) is 6.84. The van der Waals surface area contributed by atoms with E-state index in [9.17, 15) is 4.79 Å². The molecule has 1 amide bonds. The Labute approximate surface area is 133 Å². The van der Waals surface area contributed by atoms with Gasteiger partial charge in [0.25, 0.3) is 5.91 Å². The predicted molar refractivity (Wildman–Crippen MR) is 87.3 cm³/mol. The minimum Gasteiger partial charge on any atom is -0.383 e. The van der Waals surface area contributed by atoms with Gasteiger partial charge >= 0.3 is 0 Å². The van der Waals surface area contributed by atoms with Crippen molar-refractivity contribution in [3.63, 3.8) is 0 Å². The first-order chi connectivity index (χ1) is 10.6. The van der Waals surface area contributed by atoms with Gasteiger partial charge in [-0.05, 0) is 37.1 Å². The summed E-state index contributed by atoms with van der Waals surface area (Å²) in [5.41, 5.74) is 6.81. The molecule has 114 valence electrons. The molecule has 22 heavy (non-hydrogen) atoms. The topological polar surface area (TPSA) is 84.1 Å². The standard InChI is InChI=1S/C15H16ClN5O/c16-10-3-5-11(6-4-10)19-14(22)12-9-18-15(20-13(12)17)21-7-1-2-8-21/h3-6,9H,1-2,7-8H2,(H,19,22)(H2,17,18,20). The van der Waals surface area contributed by atoms with Crippen LogP contribution in [0.15, 0.2) is 30.5 Å². The molecule has 0 aliphatic carbocycles. The van der Waals surface area contributed by atoms with Crippen LogP contribution >= 0.6 is 11.6 Å². The van der Waals surface area contributed by atoms with Crippen LogP contribution in [0.1, 0.15) is 23.2 Å². The molecule has 0 atom stereocenters. The average Bonchev–Trinajstić information content (AvgIpc) is 3.03. The summed E-state index contributed by atoms with van der Waals surface area (Å²) in [4.78, 5) is 22.8. The van der Waals surface area contributed by atoms with E-state index < -0.39 is 0 Å². The summed E-state index contributed by atoms with van der Waals surface area (Å²) in [5.74, 6) is 0.425. The summed E-state index contributed by atoms with van der Waals surface area (Å²) in [6.07, 6.45) is 3.73. The minimum atomic E-state index is -0.340. The minimum absolute atomic E-state index is 0.184. The Balaban J connectivity index is 1.76. The number of hydrogen-bond donors (Lipinski definition) is 2. The van der Waals surface area contributed by atoms with E-state index in [4.69, 9.17) is 17.3 Å². The van der Waals surface area contributed by atoms with Crippen molar-refractivity contribution in [2.75, 3.05) is 29.0 Å². The van der Waals surface area contributed by atoms with Crippen molar-refractivity contribution >= 4 is 35.0 Å². The summed E-state index contributed by atoms with van der Waals surface area (Å²) in [6.45, 7) is 1.85. The van der Waals surface area contributed by atoms with Crippen LogP contribution in [-0.4, -0.2) is 29.0 Å². The van der Waals surface area contributed by atoms with Crippen LogP contribution in [0.25, 0.3) is 0 Å². The lowest BCUT2D eigenvalue weighted by atomic mass is 10.2. The maximum atomic E-state index is 12.2. The van der Waals surface area contributed by atoms with Crippen molar-refractivity contribution in [3.05, 3.63) is 41.0 Å². The Hall–Kier alpha value is -2.34. The number of benzene rings is 1. The van der Waals surface area contributed by atoms with Crippen molar-refractivity contribution in [2.24, 2.45) is 0 Å². The van der Waals surface area contributed by atoms with Gasteiger partial charge in [0.05, 0.1) is 0 Å². The average molecular weight is 318 g/mol. The number of nitrogens with one attached hydrogen (secondary N) is 1. The fraction of sp³-hybridized carbons (Fsp3) is 0.267. The molecule has 3 N–H and O–H groups in total. The Morgan fingerprint density at radius 1 is 1.23 bits per heavy atom. The molecule has 1 aliphatic rings. The molecular weight excluding hydrogens is 302 g/mol. The number of carbonyl (C=O) groups is 1. The van der Waals surface area contributed by atoms with Crippen molar-refractivity contribution in [1.29, 1.82) is 0 Å². The van der Waals surface area contributed by atoms with Crippen LogP contribution < -0.4 is 16.0 Å². The molecule has 3 rings (SSSR count). The highest BCUT2D eigenvalue weighted by molar-refractivity contribution is 6.30. The summed E-state index contributed by atoms with van der Waals surface area (Å²) >= 11 is 5.81. The first kappa shape index (κ1) is 14.6. The summed E-state index contributed by atoms with van der Waals surface area (Å²) < 4.78 is 0. The molecule has 1 saturated heterocycles. The number of nitrogens with two attached hydrogens (primary N) is 1. The number of anilines is 3. The monoisotopic (exact) mass is 317 g/mol. The van der Waals surface area contributed by atoms with E-state index in [1.165, 1.54) is 6.20 Å². The lowest BCUT2D eigenvalue weighted by Crippen LogP contribution is -2.22. The zero-order valence-electron chi connectivity index (χ0n) is 11.9. The van der Waals surface area contributed by atoms with E-state index in [1.54, 1.807) is 24.3 Å². The second-order valence-corrected chi connectivity index (χ2v) is 5.56. The number of carbonyl (C=O) groups excluding carboxylic acids is 1. The Bertz CT molecular complexity index is 683. The predicted octanol–water partition coefficient (Wildman–Crippen LogP) is 2.56. The van der Waals surface area contributed by atoms with Gasteiger partial charge in [0.15, 0.2) is 0 Å².